The number of H-pyrrole nitrogens is 1. The lowest BCUT2D eigenvalue weighted by Gasteiger charge is -2.00. The highest BCUT2D eigenvalue weighted by Gasteiger charge is 2.04. The van der Waals surface area contributed by atoms with Gasteiger partial charge < -0.3 is 4.98 Å². The topological polar surface area (TPSA) is 41.6 Å². The number of hydrogen-bond acceptors (Lipinski definition) is 2. The molecule has 3 rings (SSSR count). The Kier molecular flexibility index (Phi) is 1.75. The fraction of sp³-hybridized carbons (Fsp3) is 0. The highest BCUT2D eigenvalue weighted by Crippen LogP contribution is 2.25. The molecule has 0 bridgehead atoms. The first-order chi connectivity index (χ1) is 7.45. The maximum absolute atomic E-state index is 4.11. The van der Waals surface area contributed by atoms with E-state index in [1.807, 2.05) is 24.4 Å². The van der Waals surface area contributed by atoms with Crippen LogP contribution in [0, 0.1) is 0 Å². The third kappa shape index (κ3) is 1.29. The van der Waals surface area contributed by atoms with Crippen LogP contribution in [-0.2, 0) is 0 Å². The van der Waals surface area contributed by atoms with Crippen molar-refractivity contribution in [1.82, 2.24) is 15.2 Å². The van der Waals surface area contributed by atoms with Gasteiger partial charge in [0, 0.05) is 28.9 Å². The van der Waals surface area contributed by atoms with Crippen LogP contribution in [-0.4, -0.2) is 15.2 Å². The minimum atomic E-state index is 0.905. The van der Waals surface area contributed by atoms with E-state index in [9.17, 15) is 0 Å². The molecule has 1 aromatic carbocycles. The molecule has 3 aromatic rings. The van der Waals surface area contributed by atoms with E-state index in [4.69, 9.17) is 0 Å². The third-order valence-corrected chi connectivity index (χ3v) is 2.44. The molecule has 2 heterocycles. The smallest absolute Gasteiger partial charge is 0.0936 e. The second-order valence-corrected chi connectivity index (χ2v) is 3.35. The Morgan fingerprint density at radius 3 is 2.87 bits per heavy atom. The average Bonchev–Trinajstić information content (AvgIpc) is 2.78. The summed E-state index contributed by atoms with van der Waals surface area (Å²) in [7, 11) is 0. The normalized spacial score (nSPS) is 10.7. The molecule has 0 spiro atoms. The summed E-state index contributed by atoms with van der Waals surface area (Å²) in [6.45, 7) is 0. The molecular formula is C12H9N3. The van der Waals surface area contributed by atoms with Gasteiger partial charge in [-0.2, -0.15) is 10.2 Å². The molecule has 0 aliphatic rings. The van der Waals surface area contributed by atoms with Crippen molar-refractivity contribution in [3.8, 4) is 11.3 Å². The Hall–Kier alpha value is -2.16. The van der Waals surface area contributed by atoms with Gasteiger partial charge >= 0.3 is 0 Å². The molecule has 1 N–H and O–H groups in total. The van der Waals surface area contributed by atoms with Crippen LogP contribution in [0.5, 0.6) is 0 Å². The molecular weight excluding hydrogens is 186 g/mol. The van der Waals surface area contributed by atoms with Gasteiger partial charge in [0.05, 0.1) is 5.69 Å². The maximum Gasteiger partial charge on any atom is 0.0936 e. The van der Waals surface area contributed by atoms with Crippen molar-refractivity contribution >= 4 is 10.9 Å². The summed E-state index contributed by atoms with van der Waals surface area (Å²) in [6.07, 6.45) is 3.62. The zero-order valence-electron chi connectivity index (χ0n) is 8.01. The van der Waals surface area contributed by atoms with Gasteiger partial charge in [0.2, 0.25) is 0 Å². The minimum Gasteiger partial charge on any atom is -0.361 e. The third-order valence-electron chi connectivity index (χ3n) is 2.44. The van der Waals surface area contributed by atoms with E-state index in [-0.39, 0.29) is 0 Å². The Balaban J connectivity index is 2.31. The molecule has 15 heavy (non-hydrogen) atoms. The van der Waals surface area contributed by atoms with Gasteiger partial charge in [0.1, 0.15) is 0 Å². The van der Waals surface area contributed by atoms with E-state index in [0.29, 0.717) is 0 Å². The van der Waals surface area contributed by atoms with Crippen LogP contribution >= 0.6 is 0 Å². The van der Waals surface area contributed by atoms with Gasteiger partial charge in [-0.05, 0) is 24.3 Å². The number of aromatic amines is 1. The Bertz CT molecular complexity index is 584. The lowest BCUT2D eigenvalue weighted by atomic mass is 10.1. The molecule has 0 radical (unpaired) electrons. The molecule has 0 amide bonds. The molecule has 0 saturated heterocycles. The maximum atomic E-state index is 4.11. The van der Waals surface area contributed by atoms with Crippen molar-refractivity contribution in [2.75, 3.05) is 0 Å². The first-order valence-electron chi connectivity index (χ1n) is 4.79. The number of nitrogens with zero attached hydrogens (tertiary/aromatic N) is 2. The predicted octanol–water partition coefficient (Wildman–Crippen LogP) is 2.62. The summed E-state index contributed by atoms with van der Waals surface area (Å²) >= 11 is 0. The molecule has 3 heteroatoms. The van der Waals surface area contributed by atoms with Crippen molar-refractivity contribution in [3.05, 3.63) is 48.8 Å². The lowest BCUT2D eigenvalue weighted by molar-refractivity contribution is 1.04. The standard InChI is InChI=1S/C12H9N3/c1-3-9(12-5-2-7-14-15-12)10-6-8-13-11(10)4-1/h1-8,13H. The molecule has 0 aliphatic heterocycles. The molecule has 2 aromatic heterocycles. The van der Waals surface area contributed by atoms with Crippen LogP contribution in [0.15, 0.2) is 48.8 Å². The number of fused-ring (bicyclic) bond motifs is 1. The van der Waals surface area contributed by atoms with E-state index in [1.165, 1.54) is 5.39 Å². The SMILES string of the molecule is c1cnnc(-c2cccc3[nH]ccc23)c1. The van der Waals surface area contributed by atoms with Crippen molar-refractivity contribution in [3.63, 3.8) is 0 Å². The number of hydrogen-bond donors (Lipinski definition) is 1. The number of aromatic nitrogens is 3. The van der Waals surface area contributed by atoms with Crippen LogP contribution in [0.3, 0.4) is 0 Å². The molecule has 0 aliphatic carbocycles. The number of benzene rings is 1. The van der Waals surface area contributed by atoms with Crippen molar-refractivity contribution in [2.24, 2.45) is 0 Å². The second-order valence-electron chi connectivity index (χ2n) is 3.35. The summed E-state index contributed by atoms with van der Waals surface area (Å²) in [5.41, 5.74) is 3.14. The van der Waals surface area contributed by atoms with Gasteiger partial charge in [-0.15, -0.1) is 0 Å². The summed E-state index contributed by atoms with van der Waals surface area (Å²) < 4.78 is 0. The number of rotatable bonds is 1. The first kappa shape index (κ1) is 8.17. The van der Waals surface area contributed by atoms with Crippen molar-refractivity contribution in [2.45, 2.75) is 0 Å². The molecule has 0 saturated carbocycles. The highest BCUT2D eigenvalue weighted by atomic mass is 15.1. The van der Waals surface area contributed by atoms with Crippen LogP contribution in [0.2, 0.25) is 0 Å². The van der Waals surface area contributed by atoms with Gasteiger partial charge in [0.15, 0.2) is 0 Å². The van der Waals surface area contributed by atoms with E-state index in [2.05, 4.69) is 33.4 Å². The zero-order chi connectivity index (χ0) is 10.1. The van der Waals surface area contributed by atoms with Crippen molar-refractivity contribution in [1.29, 1.82) is 0 Å². The van der Waals surface area contributed by atoms with Crippen molar-refractivity contribution < 1.29 is 0 Å². The average molecular weight is 195 g/mol. The molecule has 3 nitrogen and oxygen atoms in total. The van der Waals surface area contributed by atoms with Gasteiger partial charge in [-0.1, -0.05) is 12.1 Å². The predicted molar refractivity (Wildman–Crippen MR) is 59.3 cm³/mol. The monoisotopic (exact) mass is 195 g/mol. The van der Waals surface area contributed by atoms with E-state index >= 15 is 0 Å². The minimum absolute atomic E-state index is 0.905. The summed E-state index contributed by atoms with van der Waals surface area (Å²) in [4.78, 5) is 3.18. The van der Waals surface area contributed by atoms with Crippen LogP contribution in [0.1, 0.15) is 0 Å². The van der Waals surface area contributed by atoms with E-state index in [1.54, 1.807) is 6.20 Å². The van der Waals surface area contributed by atoms with Crippen LogP contribution in [0.4, 0.5) is 0 Å². The molecule has 0 atom stereocenters. The van der Waals surface area contributed by atoms with Gasteiger partial charge in [-0.3, -0.25) is 0 Å². The Labute approximate surface area is 86.8 Å². The van der Waals surface area contributed by atoms with Gasteiger partial charge in [-0.25, -0.2) is 0 Å². The number of nitrogens with one attached hydrogen (secondary N) is 1. The lowest BCUT2D eigenvalue weighted by Crippen LogP contribution is -1.85. The quantitative estimate of drug-likeness (QED) is 0.648. The largest absolute Gasteiger partial charge is 0.361 e. The van der Waals surface area contributed by atoms with Gasteiger partial charge in [0.25, 0.3) is 0 Å². The molecule has 0 fully saturated rings. The summed E-state index contributed by atoms with van der Waals surface area (Å²) in [5, 5.41) is 9.19. The second kappa shape index (κ2) is 3.20. The Morgan fingerprint density at radius 2 is 2.00 bits per heavy atom. The van der Waals surface area contributed by atoms with Crippen LogP contribution in [0.25, 0.3) is 22.2 Å². The molecule has 0 unspecified atom stereocenters. The highest BCUT2D eigenvalue weighted by molar-refractivity contribution is 5.93. The zero-order valence-corrected chi connectivity index (χ0v) is 8.01. The summed E-state index contributed by atoms with van der Waals surface area (Å²) in [5.74, 6) is 0. The van der Waals surface area contributed by atoms with E-state index < -0.39 is 0 Å². The molecule has 72 valence electrons. The van der Waals surface area contributed by atoms with E-state index in [0.717, 1.165) is 16.8 Å². The summed E-state index contributed by atoms with van der Waals surface area (Å²) in [6, 6.07) is 12.0. The Morgan fingerprint density at radius 1 is 1.00 bits per heavy atom. The fourth-order valence-corrected chi connectivity index (χ4v) is 1.75. The fourth-order valence-electron chi connectivity index (χ4n) is 1.75. The van der Waals surface area contributed by atoms with Crippen LogP contribution < -0.4 is 0 Å². The first-order valence-corrected chi connectivity index (χ1v) is 4.79.